The minimum absolute atomic E-state index is 0. The molecule has 0 unspecified atom stereocenters. The molecule has 0 aromatic rings. The van der Waals surface area contributed by atoms with Gasteiger partial charge in [0.05, 0.1) is 14.4 Å². The Labute approximate surface area is 301 Å². The number of carbonyl (C=O) groups is 3. The average Bonchev–Trinajstić information content (AvgIpc) is 2.83. The molecule has 0 saturated carbocycles. The predicted molar refractivity (Wildman–Crippen MR) is 160 cm³/mol. The quantitative estimate of drug-likeness (QED) is 0.0422. The van der Waals surface area contributed by atoms with Gasteiger partial charge in [-0.3, -0.25) is 9.59 Å². The van der Waals surface area contributed by atoms with Crippen molar-refractivity contribution in [2.24, 2.45) is 0 Å². The van der Waals surface area contributed by atoms with Gasteiger partial charge < -0.3 is 28.3 Å². The Bertz CT molecular complexity index is 1110. The molecule has 0 saturated heterocycles. The molecule has 0 fully saturated rings. The number of ether oxygens (including phenoxy) is 2. The first-order valence-corrected chi connectivity index (χ1v) is 13.6. The zero-order valence-corrected chi connectivity index (χ0v) is 29.3. The Morgan fingerprint density at radius 3 is 1.85 bits per heavy atom. The van der Waals surface area contributed by atoms with E-state index in [1.165, 1.54) is 26.2 Å². The number of terminal acetylenes is 1. The Morgan fingerprint density at radius 1 is 0.875 bits per heavy atom. The van der Waals surface area contributed by atoms with Crippen LogP contribution in [-0.4, -0.2) is 36.4 Å². The van der Waals surface area contributed by atoms with Crippen LogP contribution < -0.4 is 68.9 Å². The molecule has 224 valence electrons. The van der Waals surface area contributed by atoms with E-state index in [0.29, 0.717) is 6.42 Å². The number of phosphoric acid groups is 1. The third-order valence-corrected chi connectivity index (χ3v) is 4.43. The van der Waals surface area contributed by atoms with Gasteiger partial charge in [-0.25, -0.2) is 4.79 Å². The number of unbranched alkanes of at least 4 members (excludes halogenated alkanes) is 7. The number of esters is 2. The van der Waals surface area contributed by atoms with E-state index in [1.54, 1.807) is 0 Å². The molecule has 0 aromatic carbocycles. The Balaban J connectivity index is -0.0000000742. The van der Waals surface area contributed by atoms with E-state index in [4.69, 9.17) is 15.9 Å². The van der Waals surface area contributed by atoms with Crippen molar-refractivity contribution in [1.29, 1.82) is 0 Å². The molecule has 0 spiro atoms. The monoisotopic (exact) mass is 626 g/mol. The molecular weight excluding hydrogens is 577 g/mol. The molecule has 0 N–H and O–H groups in total. The first-order valence-electron chi connectivity index (χ1n) is 11.7. The van der Waals surface area contributed by atoms with E-state index >= 15 is 0 Å². The molecular formula is C27H49Na2O9PS. The van der Waals surface area contributed by atoms with Crippen molar-refractivity contribution in [3.8, 4) is 59.7 Å². The largest absolute Gasteiger partial charge is 1.00 e. The summed E-state index contributed by atoms with van der Waals surface area (Å²) in [7, 11) is -5.30. The van der Waals surface area contributed by atoms with E-state index < -0.39 is 39.1 Å². The third-order valence-electron chi connectivity index (χ3n) is 3.96. The minimum atomic E-state index is -5.30. The summed E-state index contributed by atoms with van der Waals surface area (Å²) < 4.78 is 24.8. The zero-order valence-electron chi connectivity index (χ0n) is 23.5. The fraction of sp³-hybridized carbons (Fsp3) is 0.519. The van der Waals surface area contributed by atoms with Gasteiger partial charge in [0, 0.05) is 32.1 Å². The second-order valence-electron chi connectivity index (χ2n) is 7.34. The fourth-order valence-electron chi connectivity index (χ4n) is 2.42. The molecule has 0 aliphatic rings. The summed E-state index contributed by atoms with van der Waals surface area (Å²) in [5.74, 6) is 18.5. The molecule has 0 rings (SSSR count). The maximum absolute atomic E-state index is 12.0. The van der Waals surface area contributed by atoms with Crippen molar-refractivity contribution in [3.63, 3.8) is 0 Å². The van der Waals surface area contributed by atoms with Crippen LogP contribution in [0.2, 0.25) is 0 Å². The van der Waals surface area contributed by atoms with Crippen LogP contribution in [0.5, 0.6) is 0 Å². The van der Waals surface area contributed by atoms with Crippen molar-refractivity contribution < 1.29 is 115 Å². The van der Waals surface area contributed by atoms with Crippen LogP contribution in [0.4, 0.5) is 0 Å². The number of rotatable bonds is 15. The van der Waals surface area contributed by atoms with E-state index in [9.17, 15) is 28.7 Å². The Hall–Kier alpha value is -1.13. The van der Waals surface area contributed by atoms with Gasteiger partial charge in [-0.05, 0) is 53.8 Å². The summed E-state index contributed by atoms with van der Waals surface area (Å²) in [6.07, 6.45) is 12.1. The van der Waals surface area contributed by atoms with Crippen LogP contribution in [0.15, 0.2) is 0 Å². The molecule has 40 heavy (non-hydrogen) atoms. The van der Waals surface area contributed by atoms with Gasteiger partial charge >= 0.3 is 71.1 Å². The Morgan fingerprint density at radius 2 is 1.35 bits per heavy atom. The summed E-state index contributed by atoms with van der Waals surface area (Å²) in [5.41, 5.74) is 0. The summed E-state index contributed by atoms with van der Waals surface area (Å²) in [6.45, 7) is 2.22. The maximum atomic E-state index is 12.0. The van der Waals surface area contributed by atoms with Crippen molar-refractivity contribution >= 4 is 37.5 Å². The van der Waals surface area contributed by atoms with Crippen LogP contribution in [0.1, 0.15) is 84.5 Å². The maximum Gasteiger partial charge on any atom is 1.00 e. The number of hydrogen-bond donors (Lipinski definition) is 1. The number of thiol groups is 1. The van der Waals surface area contributed by atoms with E-state index in [-0.39, 0.29) is 83.5 Å². The van der Waals surface area contributed by atoms with Crippen molar-refractivity contribution in [2.75, 3.05) is 13.2 Å². The Kier molecular flexibility index (Phi) is 37.1. The summed E-state index contributed by atoms with van der Waals surface area (Å²) in [6, 6.07) is 0. The van der Waals surface area contributed by atoms with Crippen LogP contribution in [0.3, 0.4) is 0 Å². The van der Waals surface area contributed by atoms with Crippen molar-refractivity contribution in [2.45, 2.75) is 77.7 Å². The molecule has 0 aliphatic heterocycles. The molecule has 1 atom stereocenters. The molecule has 0 amide bonds. The van der Waals surface area contributed by atoms with Gasteiger partial charge in [-0.15, -0.1) is 19.1 Å². The van der Waals surface area contributed by atoms with Gasteiger partial charge in [-0.2, -0.15) is 0 Å². The van der Waals surface area contributed by atoms with Gasteiger partial charge in [0.2, 0.25) is 0 Å². The molecule has 0 bridgehead atoms. The molecule has 0 radical (unpaired) electrons. The number of carbonyl (C=O) groups excluding carboxylic acids is 3. The fourth-order valence-corrected chi connectivity index (χ4v) is 2.77. The molecule has 13 heteroatoms. The topological polar surface area (TPSA) is 142 Å². The van der Waals surface area contributed by atoms with E-state index in [2.05, 4.69) is 77.4 Å². The van der Waals surface area contributed by atoms with Gasteiger partial charge in [0.1, 0.15) is 6.61 Å². The summed E-state index contributed by atoms with van der Waals surface area (Å²) in [5, 5.41) is -0.139. The predicted octanol–water partition coefficient (Wildman–Crippen LogP) is -1.85. The van der Waals surface area contributed by atoms with Crippen LogP contribution in [0, 0.1) is 59.7 Å². The second kappa shape index (κ2) is 32.4. The van der Waals surface area contributed by atoms with E-state index in [1.807, 2.05) is 0 Å². The molecule has 0 aromatic heterocycles. The van der Waals surface area contributed by atoms with Gasteiger partial charge in [-0.1, -0.05) is 51.9 Å². The van der Waals surface area contributed by atoms with Crippen LogP contribution in [-0.2, 0) is 32.9 Å². The van der Waals surface area contributed by atoms with Crippen LogP contribution in [0.25, 0.3) is 0 Å². The molecule has 0 heterocycles. The van der Waals surface area contributed by atoms with Crippen molar-refractivity contribution in [3.05, 3.63) is 0 Å². The number of phosphoric ester groups is 1. The first kappa shape index (κ1) is 45.8. The van der Waals surface area contributed by atoms with E-state index in [0.717, 1.165) is 25.7 Å². The first-order chi connectivity index (χ1) is 18.0. The molecule has 9 nitrogen and oxygen atoms in total. The summed E-state index contributed by atoms with van der Waals surface area (Å²) >= 11 is 3.33. The molecule has 0 aliphatic carbocycles. The summed E-state index contributed by atoms with van der Waals surface area (Å²) in [4.78, 5) is 54.4. The zero-order chi connectivity index (χ0) is 29.1. The SMILES string of the molecule is C#CC#CC#CC#CC#CC(=O)OC[C@H](COP(=O)([O-])[O-])OC(=O)CCCCCCCCCC.CC(=O)S.[HH].[HH].[HH].[HH].[HH].[HH].[HH].[HH].[HH].[Na+].[Na+]. The third kappa shape index (κ3) is 41.4. The standard InChI is InChI=1S/C25H29O8P.C2H4OS.2Na.9H2/c1-3-5-7-9-11-13-15-17-19-24(26)31-21-23(22-32-34(28,29)30)33-25(27)20-18-16-14-12-10-8-6-4-2;1-2(3)4;;;;;;;;;;;/h1,23H,4,6,8,10,12,14,16,18,20-22H2,2H3,(H2,28,29,30);1H3,(H,3,4);;;9*1H/q;;2*+1;;;;;;;;;/p-2/t23-;;;;;;;;;;;;/m1............/s1. The second-order valence-corrected chi connectivity index (χ2v) is 9.12. The minimum Gasteiger partial charge on any atom is -0.790 e. The van der Waals surface area contributed by atoms with Gasteiger partial charge in [0.25, 0.3) is 0 Å². The van der Waals surface area contributed by atoms with Crippen molar-refractivity contribution in [1.82, 2.24) is 0 Å². The van der Waals surface area contributed by atoms with Crippen LogP contribution >= 0.6 is 20.5 Å². The number of hydrogen-bond acceptors (Lipinski definition) is 9. The normalized spacial score (nSPS) is 9.40. The average molecular weight is 627 g/mol. The smallest absolute Gasteiger partial charge is 0.790 e. The van der Waals surface area contributed by atoms with Gasteiger partial charge in [0.15, 0.2) is 11.2 Å².